The Bertz CT molecular complexity index is 1360. The van der Waals surface area contributed by atoms with Crippen LogP contribution in [0.1, 0.15) is 297 Å². The Kier molecular flexibility index (Phi) is 21.2. The SMILES string of the molecule is CC(CCCC(C)CCC1C2CC(CCCCC3CC4CC3C(C(C)(C)C)C4CCC(C)(CCCC(C)CCCC(C)(C)C)OC3CCC(C)CC3)C(C2)C1C(C)(C)C)CCCC(C)(C)C. The maximum Gasteiger partial charge on any atom is 0.0658 e. The van der Waals surface area contributed by atoms with Gasteiger partial charge in [0.2, 0.25) is 0 Å². The van der Waals surface area contributed by atoms with Crippen molar-refractivity contribution in [2.75, 3.05) is 0 Å². The average Bonchev–Trinajstić information content (AvgIpc) is 3.97. The van der Waals surface area contributed by atoms with Gasteiger partial charge in [-0.2, -0.15) is 0 Å². The van der Waals surface area contributed by atoms with Crippen LogP contribution in [0.4, 0.5) is 0 Å². The molecule has 0 radical (unpaired) electrons. The molecule has 0 amide bonds. The van der Waals surface area contributed by atoms with Gasteiger partial charge < -0.3 is 4.74 Å². The van der Waals surface area contributed by atoms with Gasteiger partial charge in [0.1, 0.15) is 0 Å². The maximum absolute atomic E-state index is 7.33. The number of fused-ring (bicyclic) bond motifs is 4. The number of unbranched alkanes of at least 4 members (excludes halogenated alkanes) is 1. The van der Waals surface area contributed by atoms with Crippen LogP contribution < -0.4 is 0 Å². The van der Waals surface area contributed by atoms with Gasteiger partial charge in [-0.25, -0.2) is 0 Å². The molecule has 0 aromatic heterocycles. The third-order valence-electron chi connectivity index (χ3n) is 20.5. The Balaban J connectivity index is 1.07. The lowest BCUT2D eigenvalue weighted by atomic mass is 9.61. The molecule has 5 fully saturated rings. The molecule has 0 aliphatic heterocycles. The van der Waals surface area contributed by atoms with E-state index in [1.54, 1.807) is 19.3 Å². The molecule has 0 aromatic rings. The highest BCUT2D eigenvalue weighted by Gasteiger charge is 2.57. The Morgan fingerprint density at radius 1 is 0.424 bits per heavy atom. The van der Waals surface area contributed by atoms with Gasteiger partial charge in [-0.3, -0.25) is 0 Å². The summed E-state index contributed by atoms with van der Waals surface area (Å²) in [4.78, 5) is 0. The zero-order valence-corrected chi connectivity index (χ0v) is 48.4. The molecule has 5 aliphatic carbocycles. The third kappa shape index (κ3) is 17.6. The van der Waals surface area contributed by atoms with Crippen LogP contribution in [-0.4, -0.2) is 11.7 Å². The fraction of sp³-hybridized carbons (Fsp3) is 1.00. The van der Waals surface area contributed by atoms with Crippen molar-refractivity contribution in [1.29, 1.82) is 0 Å². The molecule has 4 bridgehead atoms. The summed E-state index contributed by atoms with van der Waals surface area (Å²) in [6, 6.07) is 0. The molecule has 14 atom stereocenters. The first-order valence-electron chi connectivity index (χ1n) is 30.4. The summed E-state index contributed by atoms with van der Waals surface area (Å²) in [5.41, 5.74) is 1.87. The van der Waals surface area contributed by atoms with E-state index in [1.807, 2.05) is 0 Å². The molecule has 0 N–H and O–H groups in total. The van der Waals surface area contributed by atoms with Crippen molar-refractivity contribution in [1.82, 2.24) is 0 Å². The summed E-state index contributed by atoms with van der Waals surface area (Å²) in [5.74, 6) is 13.3. The van der Waals surface area contributed by atoms with Gasteiger partial charge >= 0.3 is 0 Å². The molecule has 14 unspecified atom stereocenters. The second-order valence-corrected chi connectivity index (χ2v) is 31.3. The third-order valence-corrected chi connectivity index (χ3v) is 20.5. The Morgan fingerprint density at radius 2 is 0.833 bits per heavy atom. The van der Waals surface area contributed by atoms with E-state index in [0.29, 0.717) is 27.8 Å². The molecule has 0 heterocycles. The average molecular weight is 920 g/mol. The van der Waals surface area contributed by atoms with E-state index in [-0.39, 0.29) is 5.60 Å². The van der Waals surface area contributed by atoms with Gasteiger partial charge in [0.25, 0.3) is 0 Å². The van der Waals surface area contributed by atoms with E-state index >= 15 is 0 Å². The first-order valence-corrected chi connectivity index (χ1v) is 30.4. The Morgan fingerprint density at radius 3 is 1.27 bits per heavy atom. The van der Waals surface area contributed by atoms with Crippen LogP contribution in [0.3, 0.4) is 0 Å². The maximum atomic E-state index is 7.33. The van der Waals surface area contributed by atoms with Crippen molar-refractivity contribution in [2.24, 2.45) is 105 Å². The van der Waals surface area contributed by atoms with Crippen LogP contribution >= 0.6 is 0 Å². The lowest BCUT2D eigenvalue weighted by Crippen LogP contribution is -2.40. The second-order valence-electron chi connectivity index (χ2n) is 31.3. The topological polar surface area (TPSA) is 9.23 Å². The van der Waals surface area contributed by atoms with Crippen molar-refractivity contribution in [3.8, 4) is 0 Å². The van der Waals surface area contributed by atoms with Gasteiger partial charge in [-0.1, -0.05) is 201 Å². The smallest absolute Gasteiger partial charge is 0.0658 e. The monoisotopic (exact) mass is 919 g/mol. The molecule has 388 valence electrons. The largest absolute Gasteiger partial charge is 0.372 e. The van der Waals surface area contributed by atoms with E-state index in [2.05, 4.69) is 118 Å². The number of hydrogen-bond donors (Lipinski definition) is 0. The van der Waals surface area contributed by atoms with Gasteiger partial charge in [0.15, 0.2) is 0 Å². The highest BCUT2D eigenvalue weighted by Crippen LogP contribution is 2.64. The van der Waals surface area contributed by atoms with Crippen LogP contribution in [-0.2, 0) is 4.74 Å². The minimum Gasteiger partial charge on any atom is -0.372 e. The zero-order valence-electron chi connectivity index (χ0n) is 48.4. The number of hydrogen-bond acceptors (Lipinski definition) is 1. The highest BCUT2D eigenvalue weighted by molar-refractivity contribution is 5.06. The van der Waals surface area contributed by atoms with Crippen LogP contribution in [0, 0.1) is 105 Å². The summed E-state index contributed by atoms with van der Waals surface area (Å²) >= 11 is 0. The second kappa shape index (κ2) is 24.6. The van der Waals surface area contributed by atoms with Gasteiger partial charge in [-0.15, -0.1) is 0 Å². The van der Waals surface area contributed by atoms with Crippen LogP contribution in [0.15, 0.2) is 0 Å². The van der Waals surface area contributed by atoms with Gasteiger partial charge in [0.05, 0.1) is 11.7 Å². The molecule has 1 nitrogen and oxygen atoms in total. The van der Waals surface area contributed by atoms with Crippen LogP contribution in [0.25, 0.3) is 0 Å². The summed E-state index contributed by atoms with van der Waals surface area (Å²) < 4.78 is 7.33. The Hall–Kier alpha value is -0.0400. The fourth-order valence-corrected chi connectivity index (χ4v) is 17.1. The molecular weight excluding hydrogens is 797 g/mol. The van der Waals surface area contributed by atoms with E-state index in [1.165, 1.54) is 161 Å². The van der Waals surface area contributed by atoms with Crippen LogP contribution in [0.5, 0.6) is 0 Å². The first-order chi connectivity index (χ1) is 30.7. The molecule has 5 saturated carbocycles. The summed E-state index contributed by atoms with van der Waals surface area (Å²) in [6.45, 7) is 42.8. The van der Waals surface area contributed by atoms with Crippen molar-refractivity contribution in [3.05, 3.63) is 0 Å². The number of rotatable bonds is 27. The number of ether oxygens (including phenoxy) is 1. The van der Waals surface area contributed by atoms with E-state index < -0.39 is 0 Å². The molecule has 0 spiro atoms. The zero-order chi connectivity index (χ0) is 48.7. The van der Waals surface area contributed by atoms with Crippen molar-refractivity contribution >= 4 is 0 Å². The predicted octanol–water partition coefficient (Wildman–Crippen LogP) is 21.0. The van der Waals surface area contributed by atoms with Crippen LogP contribution in [0.2, 0.25) is 0 Å². The quantitative estimate of drug-likeness (QED) is 0.0746. The summed E-state index contributed by atoms with van der Waals surface area (Å²) in [7, 11) is 0. The molecule has 5 aliphatic rings. The van der Waals surface area contributed by atoms with Crippen molar-refractivity contribution in [3.63, 3.8) is 0 Å². The highest BCUT2D eigenvalue weighted by atomic mass is 16.5. The van der Waals surface area contributed by atoms with Crippen molar-refractivity contribution < 1.29 is 4.74 Å². The fourth-order valence-electron chi connectivity index (χ4n) is 17.1. The molecule has 66 heavy (non-hydrogen) atoms. The minimum atomic E-state index is 0.0499. The lowest BCUT2D eigenvalue weighted by molar-refractivity contribution is -0.113. The first kappa shape index (κ1) is 56.9. The summed E-state index contributed by atoms with van der Waals surface area (Å²) in [5, 5.41) is 0. The standard InChI is InChI=1S/C65H122O/c1-46(26-21-38-61(5,6)7)24-20-25-48(3)33-36-55-52-42-50(57(44-52)59(55)63(11,12)13)29-18-19-30-51-43-53-45-58(51)60(64(14,15)16)56(53)37-41-65(17,66-54-34-31-49(4)32-35-54)40-23-28-47(2)27-22-39-62(8,9)10/h46-60H,18-45H2,1-17H3. The lowest BCUT2D eigenvalue weighted by Gasteiger charge is -2.45. The molecular formula is C65H122O. The normalized spacial score (nSPS) is 34.0. The summed E-state index contributed by atoms with van der Waals surface area (Å²) in [6.07, 6.45) is 40.5. The molecule has 5 rings (SSSR count). The predicted molar refractivity (Wildman–Crippen MR) is 292 cm³/mol. The Labute approximate surface area is 416 Å². The van der Waals surface area contributed by atoms with Gasteiger partial charge in [0, 0.05) is 0 Å². The van der Waals surface area contributed by atoms with Crippen molar-refractivity contribution in [2.45, 2.75) is 309 Å². The minimum absolute atomic E-state index is 0.0499. The van der Waals surface area contributed by atoms with E-state index in [9.17, 15) is 0 Å². The van der Waals surface area contributed by atoms with E-state index in [4.69, 9.17) is 4.74 Å². The molecule has 1 heteroatoms. The van der Waals surface area contributed by atoms with E-state index in [0.717, 1.165) is 82.9 Å². The molecule has 0 aromatic carbocycles. The van der Waals surface area contributed by atoms with Gasteiger partial charge in [-0.05, 0) is 201 Å². The molecule has 0 saturated heterocycles.